The Morgan fingerprint density at radius 3 is 2.83 bits per heavy atom. The van der Waals surface area contributed by atoms with E-state index in [0.29, 0.717) is 6.42 Å². The Morgan fingerprint density at radius 2 is 2.17 bits per heavy atom. The maximum Gasteiger partial charge on any atom is 0.404 e. The summed E-state index contributed by atoms with van der Waals surface area (Å²) < 4.78 is 0. The van der Waals surface area contributed by atoms with E-state index >= 15 is 0 Å². The van der Waals surface area contributed by atoms with Crippen LogP contribution in [-0.4, -0.2) is 27.2 Å². The Balaban J connectivity index is 2.05. The highest BCUT2D eigenvalue weighted by Gasteiger charge is 2.09. The molecule has 0 bridgehead atoms. The Morgan fingerprint density at radius 1 is 1.44 bits per heavy atom. The minimum atomic E-state index is -1.02. The summed E-state index contributed by atoms with van der Waals surface area (Å²) in [5.41, 5.74) is 2.00. The second-order valence-corrected chi connectivity index (χ2v) is 4.16. The first kappa shape index (κ1) is 12.2. The van der Waals surface area contributed by atoms with Crippen LogP contribution in [0.2, 0.25) is 0 Å². The number of rotatable bonds is 4. The molecule has 5 nitrogen and oxygen atoms in total. The maximum atomic E-state index is 10.5. The third kappa shape index (κ3) is 3.10. The smallest absolute Gasteiger partial charge is 0.404 e. The molecule has 0 saturated heterocycles. The minimum absolute atomic E-state index is 0.169. The number of carbonyl (C=O) groups is 1. The largest absolute Gasteiger partial charge is 0.465 e. The van der Waals surface area contributed by atoms with Crippen molar-refractivity contribution in [2.45, 2.75) is 19.4 Å². The molecule has 0 aliphatic rings. The molecular weight excluding hydrogens is 230 g/mol. The van der Waals surface area contributed by atoms with Crippen LogP contribution in [0.4, 0.5) is 4.79 Å². The van der Waals surface area contributed by atoms with E-state index in [9.17, 15) is 4.79 Å². The summed E-state index contributed by atoms with van der Waals surface area (Å²) in [4.78, 5) is 17.9. The molecular formula is C13H15N3O2. The predicted octanol–water partition coefficient (Wildman–Crippen LogP) is 2.28. The third-order valence-electron chi connectivity index (χ3n) is 2.58. The molecule has 1 heterocycles. The highest BCUT2D eigenvalue weighted by Crippen LogP contribution is 2.16. The van der Waals surface area contributed by atoms with Gasteiger partial charge in [-0.15, -0.1) is 0 Å². The topological polar surface area (TPSA) is 78.0 Å². The molecule has 1 aromatic heterocycles. The number of carboxylic acid groups (broad SMARTS) is 1. The zero-order chi connectivity index (χ0) is 13.0. The summed E-state index contributed by atoms with van der Waals surface area (Å²) in [6.07, 6.45) is 1.29. The van der Waals surface area contributed by atoms with E-state index in [4.69, 9.17) is 5.11 Å². The number of nitrogens with one attached hydrogen (secondary N) is 2. The van der Waals surface area contributed by atoms with Crippen molar-refractivity contribution in [1.82, 2.24) is 15.3 Å². The van der Waals surface area contributed by atoms with Gasteiger partial charge in [-0.05, 0) is 12.5 Å². The molecule has 18 heavy (non-hydrogen) atoms. The van der Waals surface area contributed by atoms with Crippen molar-refractivity contribution in [3.05, 3.63) is 42.4 Å². The highest BCUT2D eigenvalue weighted by molar-refractivity contribution is 5.64. The van der Waals surface area contributed by atoms with Crippen molar-refractivity contribution in [2.75, 3.05) is 0 Å². The number of aromatic nitrogens is 2. The van der Waals surface area contributed by atoms with E-state index in [-0.39, 0.29) is 6.04 Å². The number of amides is 1. The van der Waals surface area contributed by atoms with Crippen molar-refractivity contribution in [3.8, 4) is 11.3 Å². The fourth-order valence-corrected chi connectivity index (χ4v) is 1.78. The molecule has 1 atom stereocenters. The molecule has 2 aromatic rings. The molecule has 1 unspecified atom stereocenters. The first-order valence-corrected chi connectivity index (χ1v) is 5.74. The van der Waals surface area contributed by atoms with Gasteiger partial charge in [-0.3, -0.25) is 0 Å². The molecule has 1 amide bonds. The van der Waals surface area contributed by atoms with Crippen LogP contribution in [-0.2, 0) is 6.42 Å². The number of imidazole rings is 1. The summed E-state index contributed by atoms with van der Waals surface area (Å²) >= 11 is 0. The SMILES string of the molecule is CC(Cc1ncc(-c2ccccc2)[nH]1)NC(=O)O. The average Bonchev–Trinajstić information content (AvgIpc) is 2.77. The summed E-state index contributed by atoms with van der Waals surface area (Å²) in [5, 5.41) is 11.0. The monoisotopic (exact) mass is 245 g/mol. The second-order valence-electron chi connectivity index (χ2n) is 4.16. The van der Waals surface area contributed by atoms with E-state index in [2.05, 4.69) is 15.3 Å². The van der Waals surface area contributed by atoms with Crippen LogP contribution in [0, 0.1) is 0 Å². The lowest BCUT2D eigenvalue weighted by Crippen LogP contribution is -2.32. The molecule has 2 rings (SSSR count). The van der Waals surface area contributed by atoms with Crippen LogP contribution < -0.4 is 5.32 Å². The Labute approximate surface area is 105 Å². The Kier molecular flexibility index (Phi) is 3.62. The van der Waals surface area contributed by atoms with Gasteiger partial charge in [-0.25, -0.2) is 9.78 Å². The van der Waals surface area contributed by atoms with Crippen molar-refractivity contribution in [3.63, 3.8) is 0 Å². The summed E-state index contributed by atoms with van der Waals surface area (Å²) in [7, 11) is 0. The lowest BCUT2D eigenvalue weighted by Gasteiger charge is -2.08. The predicted molar refractivity (Wildman–Crippen MR) is 68.4 cm³/mol. The quantitative estimate of drug-likeness (QED) is 0.773. The van der Waals surface area contributed by atoms with E-state index < -0.39 is 6.09 Å². The van der Waals surface area contributed by atoms with Gasteiger partial charge >= 0.3 is 6.09 Å². The summed E-state index contributed by atoms with van der Waals surface area (Å²) in [5.74, 6) is 0.773. The van der Waals surface area contributed by atoms with Gasteiger partial charge in [0.25, 0.3) is 0 Å². The molecule has 0 spiro atoms. The van der Waals surface area contributed by atoms with Gasteiger partial charge in [-0.2, -0.15) is 0 Å². The van der Waals surface area contributed by atoms with Gasteiger partial charge in [0.15, 0.2) is 0 Å². The first-order valence-electron chi connectivity index (χ1n) is 5.74. The molecule has 0 aliphatic carbocycles. The van der Waals surface area contributed by atoms with Crippen molar-refractivity contribution in [1.29, 1.82) is 0 Å². The molecule has 3 N–H and O–H groups in total. The molecule has 0 saturated carbocycles. The van der Waals surface area contributed by atoms with Gasteiger partial charge in [0.2, 0.25) is 0 Å². The van der Waals surface area contributed by atoms with Crippen molar-refractivity contribution in [2.24, 2.45) is 0 Å². The Hall–Kier alpha value is -2.30. The van der Waals surface area contributed by atoms with E-state index in [1.165, 1.54) is 0 Å². The van der Waals surface area contributed by atoms with Gasteiger partial charge in [0.1, 0.15) is 5.82 Å². The molecule has 0 fully saturated rings. The zero-order valence-electron chi connectivity index (χ0n) is 10.1. The molecule has 0 radical (unpaired) electrons. The van der Waals surface area contributed by atoms with Gasteiger partial charge < -0.3 is 15.4 Å². The third-order valence-corrected chi connectivity index (χ3v) is 2.58. The number of hydrogen-bond donors (Lipinski definition) is 3. The van der Waals surface area contributed by atoms with Crippen LogP contribution in [0.5, 0.6) is 0 Å². The van der Waals surface area contributed by atoms with E-state index in [1.807, 2.05) is 30.3 Å². The number of hydrogen-bond acceptors (Lipinski definition) is 2. The van der Waals surface area contributed by atoms with E-state index in [0.717, 1.165) is 17.1 Å². The van der Waals surface area contributed by atoms with Gasteiger partial charge in [0, 0.05) is 12.5 Å². The Bertz CT molecular complexity index is 522. The van der Waals surface area contributed by atoms with Crippen LogP contribution in [0.25, 0.3) is 11.3 Å². The summed E-state index contributed by atoms with van der Waals surface area (Å²) in [6, 6.07) is 9.71. The standard InChI is InChI=1S/C13H15N3O2/c1-9(15-13(17)18)7-12-14-8-11(16-12)10-5-3-2-4-6-10/h2-6,8-9,15H,7H2,1H3,(H,14,16)(H,17,18). The van der Waals surface area contributed by atoms with Crippen LogP contribution in [0.15, 0.2) is 36.5 Å². The van der Waals surface area contributed by atoms with Crippen LogP contribution in [0.1, 0.15) is 12.7 Å². The zero-order valence-corrected chi connectivity index (χ0v) is 10.1. The fraction of sp³-hybridized carbons (Fsp3) is 0.231. The summed E-state index contributed by atoms with van der Waals surface area (Å²) in [6.45, 7) is 1.80. The van der Waals surface area contributed by atoms with Gasteiger partial charge in [-0.1, -0.05) is 30.3 Å². The highest BCUT2D eigenvalue weighted by atomic mass is 16.4. The minimum Gasteiger partial charge on any atom is -0.465 e. The first-order chi connectivity index (χ1) is 8.65. The lowest BCUT2D eigenvalue weighted by atomic mass is 10.2. The normalized spacial score (nSPS) is 12.1. The molecule has 0 aliphatic heterocycles. The molecule has 1 aromatic carbocycles. The number of nitrogens with zero attached hydrogens (tertiary/aromatic N) is 1. The van der Waals surface area contributed by atoms with Crippen molar-refractivity contribution >= 4 is 6.09 Å². The maximum absolute atomic E-state index is 10.5. The number of aromatic amines is 1. The average molecular weight is 245 g/mol. The molecule has 5 heteroatoms. The molecule has 94 valence electrons. The van der Waals surface area contributed by atoms with Crippen LogP contribution in [0.3, 0.4) is 0 Å². The van der Waals surface area contributed by atoms with Crippen molar-refractivity contribution < 1.29 is 9.90 Å². The number of benzene rings is 1. The number of H-pyrrole nitrogens is 1. The lowest BCUT2D eigenvalue weighted by molar-refractivity contribution is 0.190. The fourth-order valence-electron chi connectivity index (χ4n) is 1.78. The second kappa shape index (κ2) is 5.35. The van der Waals surface area contributed by atoms with E-state index in [1.54, 1.807) is 13.1 Å². The van der Waals surface area contributed by atoms with Gasteiger partial charge in [0.05, 0.1) is 11.9 Å². The van der Waals surface area contributed by atoms with Crippen LogP contribution >= 0.6 is 0 Å².